The molecule has 1 rings (SSSR count). The van der Waals surface area contributed by atoms with Crippen LogP contribution in [0.3, 0.4) is 0 Å². The first-order valence-corrected chi connectivity index (χ1v) is 11.4. The Morgan fingerprint density at radius 2 is 1.61 bits per heavy atom. The fourth-order valence-corrected chi connectivity index (χ4v) is 3.62. The number of hydrogen-bond acceptors (Lipinski definition) is 7. The molecule has 0 bridgehead atoms. The van der Waals surface area contributed by atoms with Gasteiger partial charge in [-0.1, -0.05) is 48.0 Å². The molecule has 1 aliphatic rings. The Morgan fingerprint density at radius 3 is 2.03 bits per heavy atom. The summed E-state index contributed by atoms with van der Waals surface area (Å²) in [7, 11) is 0. The van der Waals surface area contributed by atoms with Crippen molar-refractivity contribution >= 4 is 29.6 Å². The number of imide groups is 1. The summed E-state index contributed by atoms with van der Waals surface area (Å²) >= 11 is 0. The van der Waals surface area contributed by atoms with Crippen LogP contribution in [0.5, 0.6) is 0 Å². The SMILES string of the molecule is CCCC1(N)C(=O)C(=O)N1C(=O)C(CC(C)C)NC(=O)C(NC(=O)OC(C)(C)C)C(C)(C)C. The van der Waals surface area contributed by atoms with Crippen LogP contribution in [0.15, 0.2) is 0 Å². The number of ether oxygens (including phenoxy) is 1. The van der Waals surface area contributed by atoms with Crippen LogP contribution in [0.25, 0.3) is 0 Å². The molecule has 3 atom stereocenters. The van der Waals surface area contributed by atoms with Gasteiger partial charge in [-0.25, -0.2) is 9.69 Å². The van der Waals surface area contributed by atoms with E-state index in [1.165, 1.54) is 0 Å². The van der Waals surface area contributed by atoms with E-state index in [2.05, 4.69) is 10.6 Å². The molecule has 1 aliphatic heterocycles. The van der Waals surface area contributed by atoms with E-state index in [1.807, 2.05) is 13.8 Å². The number of carbonyl (C=O) groups excluding carboxylic acids is 5. The predicted molar refractivity (Wildman–Crippen MR) is 123 cm³/mol. The maximum Gasteiger partial charge on any atom is 0.408 e. The zero-order valence-corrected chi connectivity index (χ0v) is 21.3. The molecule has 1 fully saturated rings. The van der Waals surface area contributed by atoms with E-state index >= 15 is 0 Å². The summed E-state index contributed by atoms with van der Waals surface area (Å²) < 4.78 is 5.27. The average Bonchev–Trinajstić information content (AvgIpc) is 2.62. The first-order chi connectivity index (χ1) is 14.8. The molecule has 0 radical (unpaired) electrons. The molecule has 188 valence electrons. The number of likely N-dealkylation sites (tertiary alicyclic amines) is 1. The smallest absolute Gasteiger partial charge is 0.408 e. The number of Topliss-reactive ketones (excluding diaryl/α,β-unsaturated/α-hetero) is 1. The third-order valence-electron chi connectivity index (χ3n) is 5.15. The summed E-state index contributed by atoms with van der Waals surface area (Å²) in [4.78, 5) is 63.9. The van der Waals surface area contributed by atoms with Crippen LogP contribution in [0.2, 0.25) is 0 Å². The molecule has 0 aromatic carbocycles. The van der Waals surface area contributed by atoms with Gasteiger partial charge in [0.15, 0.2) is 5.66 Å². The van der Waals surface area contributed by atoms with Crippen molar-refractivity contribution in [1.29, 1.82) is 0 Å². The first kappa shape index (κ1) is 28.5. The summed E-state index contributed by atoms with van der Waals surface area (Å²) in [6, 6.07) is -2.12. The molecule has 0 aromatic rings. The third-order valence-corrected chi connectivity index (χ3v) is 5.15. The van der Waals surface area contributed by atoms with Gasteiger partial charge in [0.25, 0.3) is 11.7 Å². The zero-order chi connectivity index (χ0) is 25.9. The van der Waals surface area contributed by atoms with E-state index in [9.17, 15) is 24.0 Å². The van der Waals surface area contributed by atoms with Gasteiger partial charge in [-0.2, -0.15) is 0 Å². The lowest BCUT2D eigenvalue weighted by Crippen LogP contribution is -2.80. The van der Waals surface area contributed by atoms with Crippen molar-refractivity contribution in [1.82, 2.24) is 15.5 Å². The second-order valence-electron chi connectivity index (χ2n) is 11.1. The van der Waals surface area contributed by atoms with E-state index in [0.717, 1.165) is 4.90 Å². The fraction of sp³-hybridized carbons (Fsp3) is 0.783. The number of ketones is 1. The molecular formula is C23H40N4O6. The fourth-order valence-electron chi connectivity index (χ4n) is 3.62. The van der Waals surface area contributed by atoms with Crippen molar-refractivity contribution in [3.63, 3.8) is 0 Å². The molecule has 3 unspecified atom stereocenters. The molecule has 33 heavy (non-hydrogen) atoms. The number of nitrogens with zero attached hydrogens (tertiary/aromatic N) is 1. The molecule has 0 spiro atoms. The van der Waals surface area contributed by atoms with Gasteiger partial charge in [-0.05, 0) is 44.9 Å². The molecule has 0 saturated carbocycles. The summed E-state index contributed by atoms with van der Waals surface area (Å²) in [5, 5.41) is 5.24. The topological polar surface area (TPSA) is 148 Å². The molecule has 1 saturated heterocycles. The number of rotatable bonds is 8. The van der Waals surface area contributed by atoms with E-state index < -0.39 is 58.4 Å². The van der Waals surface area contributed by atoms with Crippen LogP contribution in [0.1, 0.15) is 81.6 Å². The Kier molecular flexibility index (Phi) is 8.82. The highest BCUT2D eigenvalue weighted by Crippen LogP contribution is 2.30. The minimum absolute atomic E-state index is 0.0171. The van der Waals surface area contributed by atoms with Crippen molar-refractivity contribution < 1.29 is 28.7 Å². The summed E-state index contributed by atoms with van der Waals surface area (Å²) in [5.41, 5.74) is 2.93. The Balaban J connectivity index is 3.16. The largest absolute Gasteiger partial charge is 0.444 e. The van der Waals surface area contributed by atoms with Gasteiger partial charge >= 0.3 is 12.0 Å². The minimum atomic E-state index is -1.69. The Labute approximate surface area is 196 Å². The molecular weight excluding hydrogens is 428 g/mol. The van der Waals surface area contributed by atoms with Gasteiger partial charge in [0.2, 0.25) is 5.91 Å². The van der Waals surface area contributed by atoms with Gasteiger partial charge in [-0.3, -0.25) is 19.2 Å². The van der Waals surface area contributed by atoms with Crippen LogP contribution < -0.4 is 16.4 Å². The summed E-state index contributed by atoms with van der Waals surface area (Å²) in [5.74, 6) is -3.14. The second kappa shape index (κ2) is 10.2. The van der Waals surface area contributed by atoms with Crippen LogP contribution >= 0.6 is 0 Å². The number of nitrogens with two attached hydrogens (primary N) is 1. The molecule has 10 nitrogen and oxygen atoms in total. The van der Waals surface area contributed by atoms with Gasteiger partial charge in [-0.15, -0.1) is 0 Å². The molecule has 0 aromatic heterocycles. The van der Waals surface area contributed by atoms with Crippen LogP contribution in [-0.2, 0) is 23.9 Å². The number of carbonyl (C=O) groups is 5. The average molecular weight is 469 g/mol. The number of hydrogen-bond donors (Lipinski definition) is 3. The van der Waals surface area contributed by atoms with E-state index in [0.29, 0.717) is 6.42 Å². The maximum absolute atomic E-state index is 13.3. The van der Waals surface area contributed by atoms with Crippen molar-refractivity contribution in [2.24, 2.45) is 17.1 Å². The summed E-state index contributed by atoms with van der Waals surface area (Å²) in [6.07, 6.45) is 0.0773. The lowest BCUT2D eigenvalue weighted by atomic mass is 9.85. The number of amides is 4. The Morgan fingerprint density at radius 1 is 1.06 bits per heavy atom. The van der Waals surface area contributed by atoms with Gasteiger partial charge in [0.05, 0.1) is 0 Å². The second-order valence-corrected chi connectivity index (χ2v) is 11.1. The normalized spacial score (nSPS) is 20.8. The van der Waals surface area contributed by atoms with Crippen molar-refractivity contribution in [2.75, 3.05) is 0 Å². The highest BCUT2D eigenvalue weighted by molar-refractivity contribution is 6.49. The predicted octanol–water partition coefficient (Wildman–Crippen LogP) is 1.85. The van der Waals surface area contributed by atoms with Crippen molar-refractivity contribution in [3.8, 4) is 0 Å². The van der Waals surface area contributed by atoms with Gasteiger partial charge in [0, 0.05) is 0 Å². The number of β-lactam (4-membered cyclic amide) rings is 1. The maximum atomic E-state index is 13.3. The quantitative estimate of drug-likeness (QED) is 0.364. The highest BCUT2D eigenvalue weighted by Gasteiger charge is 2.61. The Bertz CT molecular complexity index is 796. The van der Waals surface area contributed by atoms with Crippen LogP contribution in [0.4, 0.5) is 4.79 Å². The number of nitrogens with one attached hydrogen (secondary N) is 2. The Hall–Kier alpha value is -2.49. The minimum Gasteiger partial charge on any atom is -0.444 e. The lowest BCUT2D eigenvalue weighted by Gasteiger charge is -2.47. The summed E-state index contributed by atoms with van der Waals surface area (Å²) in [6.45, 7) is 15.9. The molecule has 4 amide bonds. The van der Waals surface area contributed by atoms with E-state index in [-0.39, 0.29) is 18.8 Å². The standard InChI is InChI=1S/C23H40N4O6/c1-10-11-23(24)16(28)19(31)27(23)18(30)14(12-13(2)3)25-17(29)15(21(4,5)6)26-20(32)33-22(7,8)9/h13-15H,10-12,24H2,1-9H3,(H,25,29)(H,26,32). The van der Waals surface area contributed by atoms with E-state index in [4.69, 9.17) is 10.5 Å². The van der Waals surface area contributed by atoms with Crippen LogP contribution in [0, 0.1) is 11.3 Å². The highest BCUT2D eigenvalue weighted by atomic mass is 16.6. The van der Waals surface area contributed by atoms with E-state index in [1.54, 1.807) is 48.5 Å². The molecule has 10 heteroatoms. The number of alkyl carbamates (subject to hydrolysis) is 1. The van der Waals surface area contributed by atoms with Crippen molar-refractivity contribution in [3.05, 3.63) is 0 Å². The monoisotopic (exact) mass is 468 g/mol. The van der Waals surface area contributed by atoms with Crippen molar-refractivity contribution in [2.45, 2.75) is 105 Å². The van der Waals surface area contributed by atoms with Crippen LogP contribution in [-0.4, -0.2) is 57.8 Å². The molecule has 0 aliphatic carbocycles. The van der Waals surface area contributed by atoms with Gasteiger partial charge < -0.3 is 21.1 Å². The van der Waals surface area contributed by atoms with Gasteiger partial charge in [0.1, 0.15) is 17.7 Å². The third kappa shape index (κ3) is 6.99. The molecule has 1 heterocycles. The first-order valence-electron chi connectivity index (χ1n) is 11.4. The zero-order valence-electron chi connectivity index (χ0n) is 21.3. The molecule has 4 N–H and O–H groups in total. The lowest BCUT2D eigenvalue weighted by molar-refractivity contribution is -0.178.